The second kappa shape index (κ2) is 4.21. The number of carbonyl (C=O) groups is 1. The van der Waals surface area contributed by atoms with Crippen LogP contribution in [-0.4, -0.2) is 16.9 Å². The number of pyridine rings is 1. The van der Waals surface area contributed by atoms with E-state index in [1.807, 2.05) is 0 Å². The van der Waals surface area contributed by atoms with Gasteiger partial charge in [0, 0.05) is 17.8 Å². The second-order valence-electron chi connectivity index (χ2n) is 7.29. The highest BCUT2D eigenvalue weighted by Gasteiger charge is 2.59. The number of hydrogen-bond donors (Lipinski definition) is 2. The molecule has 20 heavy (non-hydrogen) atoms. The minimum atomic E-state index is -0.0362. The number of fused-ring (bicyclic) bond motifs is 2. The highest BCUT2D eigenvalue weighted by atomic mass is 16.1. The third kappa shape index (κ3) is 1.89. The first-order valence-electron chi connectivity index (χ1n) is 7.35. The molecule has 1 aromatic heterocycles. The topological polar surface area (TPSA) is 68.0 Å². The van der Waals surface area contributed by atoms with E-state index in [4.69, 9.17) is 5.73 Å². The lowest BCUT2D eigenvalue weighted by Gasteiger charge is -2.43. The third-order valence-corrected chi connectivity index (χ3v) is 5.59. The summed E-state index contributed by atoms with van der Waals surface area (Å²) in [6.45, 7) is 6.88. The number of hydrogen-bond acceptors (Lipinski definition) is 3. The van der Waals surface area contributed by atoms with Crippen molar-refractivity contribution in [2.45, 2.75) is 46.1 Å². The first-order chi connectivity index (χ1) is 9.33. The van der Waals surface area contributed by atoms with Gasteiger partial charge >= 0.3 is 0 Å². The van der Waals surface area contributed by atoms with Crippen molar-refractivity contribution in [3.8, 4) is 0 Å². The van der Waals surface area contributed by atoms with Crippen LogP contribution in [0.4, 0.5) is 5.82 Å². The molecule has 3 rings (SSSR count). The molecular weight excluding hydrogens is 250 g/mol. The fraction of sp³-hybridized carbons (Fsp3) is 0.625. The summed E-state index contributed by atoms with van der Waals surface area (Å²) in [5, 5.41) is 3.26. The van der Waals surface area contributed by atoms with Gasteiger partial charge in [0.05, 0.1) is 0 Å². The summed E-state index contributed by atoms with van der Waals surface area (Å²) in [6.07, 6.45) is 5.31. The molecule has 1 heterocycles. The Morgan fingerprint density at radius 2 is 2.20 bits per heavy atom. The van der Waals surface area contributed by atoms with Crippen molar-refractivity contribution in [3.05, 3.63) is 23.9 Å². The monoisotopic (exact) mass is 273 g/mol. The summed E-state index contributed by atoms with van der Waals surface area (Å²) in [7, 11) is 0. The van der Waals surface area contributed by atoms with E-state index in [0.29, 0.717) is 11.4 Å². The van der Waals surface area contributed by atoms with Gasteiger partial charge in [-0.15, -0.1) is 0 Å². The maximum atomic E-state index is 12.5. The number of nitrogens with zero attached hydrogens (tertiary/aromatic N) is 1. The molecule has 0 aromatic carbocycles. The van der Waals surface area contributed by atoms with Crippen LogP contribution in [0.2, 0.25) is 0 Å². The maximum Gasteiger partial charge on any atom is 0.251 e. The van der Waals surface area contributed by atoms with Crippen LogP contribution in [0.5, 0.6) is 0 Å². The van der Waals surface area contributed by atoms with Gasteiger partial charge in [-0.05, 0) is 48.1 Å². The molecule has 3 N–H and O–H groups in total. The first-order valence-corrected chi connectivity index (χ1v) is 7.35. The maximum absolute atomic E-state index is 12.5. The van der Waals surface area contributed by atoms with Gasteiger partial charge in [-0.1, -0.05) is 20.8 Å². The quantitative estimate of drug-likeness (QED) is 0.870. The van der Waals surface area contributed by atoms with E-state index in [1.165, 1.54) is 19.3 Å². The van der Waals surface area contributed by atoms with Gasteiger partial charge in [-0.2, -0.15) is 0 Å². The fourth-order valence-corrected chi connectivity index (χ4v) is 4.47. The molecular formula is C16H23N3O. The minimum absolute atomic E-state index is 0.0362. The van der Waals surface area contributed by atoms with Crippen molar-refractivity contribution in [2.24, 2.45) is 16.7 Å². The van der Waals surface area contributed by atoms with Crippen molar-refractivity contribution in [1.29, 1.82) is 0 Å². The van der Waals surface area contributed by atoms with E-state index >= 15 is 0 Å². The minimum Gasteiger partial charge on any atom is -0.384 e. The van der Waals surface area contributed by atoms with Crippen molar-refractivity contribution in [3.63, 3.8) is 0 Å². The van der Waals surface area contributed by atoms with Crippen molar-refractivity contribution >= 4 is 11.7 Å². The molecule has 2 aliphatic rings. The van der Waals surface area contributed by atoms with E-state index in [1.54, 1.807) is 18.3 Å². The van der Waals surface area contributed by atoms with Crippen molar-refractivity contribution < 1.29 is 4.79 Å². The Bertz CT molecular complexity index is 550. The van der Waals surface area contributed by atoms with E-state index < -0.39 is 0 Å². The molecule has 4 heteroatoms. The van der Waals surface area contributed by atoms with Crippen LogP contribution in [0.15, 0.2) is 18.3 Å². The van der Waals surface area contributed by atoms with Crippen LogP contribution in [0.3, 0.4) is 0 Å². The highest BCUT2D eigenvalue weighted by molar-refractivity contribution is 5.95. The number of nitrogens with two attached hydrogens (primary N) is 1. The molecule has 2 saturated carbocycles. The number of carbonyl (C=O) groups excluding carboxylic acids is 1. The lowest BCUT2D eigenvalue weighted by molar-refractivity contribution is 0.0737. The molecule has 3 unspecified atom stereocenters. The molecule has 2 fully saturated rings. The lowest BCUT2D eigenvalue weighted by atomic mass is 9.68. The summed E-state index contributed by atoms with van der Waals surface area (Å²) in [5.41, 5.74) is 6.66. The van der Waals surface area contributed by atoms with Crippen molar-refractivity contribution in [1.82, 2.24) is 10.3 Å². The van der Waals surface area contributed by atoms with Gasteiger partial charge in [0.2, 0.25) is 0 Å². The Hall–Kier alpha value is -1.58. The number of anilines is 1. The summed E-state index contributed by atoms with van der Waals surface area (Å²) < 4.78 is 0. The molecule has 0 aliphatic heterocycles. The predicted molar refractivity (Wildman–Crippen MR) is 79.1 cm³/mol. The molecule has 4 nitrogen and oxygen atoms in total. The number of nitrogens with one attached hydrogen (secondary N) is 1. The molecule has 2 aliphatic carbocycles. The lowest BCUT2D eigenvalue weighted by Crippen LogP contribution is -2.52. The summed E-state index contributed by atoms with van der Waals surface area (Å²) in [6, 6.07) is 3.59. The summed E-state index contributed by atoms with van der Waals surface area (Å²) in [5.74, 6) is 1.07. The Kier molecular flexibility index (Phi) is 2.82. The Balaban J connectivity index is 1.82. The van der Waals surface area contributed by atoms with Gasteiger partial charge in [0.25, 0.3) is 5.91 Å². The first kappa shape index (κ1) is 13.4. The van der Waals surface area contributed by atoms with Crippen molar-refractivity contribution in [2.75, 3.05) is 5.73 Å². The summed E-state index contributed by atoms with van der Waals surface area (Å²) in [4.78, 5) is 16.4. The smallest absolute Gasteiger partial charge is 0.251 e. The zero-order valence-corrected chi connectivity index (χ0v) is 12.4. The van der Waals surface area contributed by atoms with E-state index in [0.717, 1.165) is 5.92 Å². The fourth-order valence-electron chi connectivity index (χ4n) is 4.47. The van der Waals surface area contributed by atoms with Gasteiger partial charge in [-0.25, -0.2) is 4.98 Å². The van der Waals surface area contributed by atoms with Crippen LogP contribution >= 0.6 is 0 Å². The normalized spacial score (nSPS) is 34.1. The molecule has 1 aromatic rings. The molecule has 0 spiro atoms. The van der Waals surface area contributed by atoms with Gasteiger partial charge in [-0.3, -0.25) is 4.79 Å². The molecule has 0 radical (unpaired) electrons. The molecule has 1 amide bonds. The number of amides is 1. The Morgan fingerprint density at radius 1 is 1.45 bits per heavy atom. The average Bonchev–Trinajstić information content (AvgIpc) is 2.85. The van der Waals surface area contributed by atoms with E-state index in [2.05, 4.69) is 31.1 Å². The van der Waals surface area contributed by atoms with Gasteiger partial charge in [0.1, 0.15) is 5.82 Å². The third-order valence-electron chi connectivity index (χ3n) is 5.59. The van der Waals surface area contributed by atoms with Crippen LogP contribution in [0.25, 0.3) is 0 Å². The van der Waals surface area contributed by atoms with Crippen LogP contribution in [0, 0.1) is 16.7 Å². The largest absolute Gasteiger partial charge is 0.384 e. The molecule has 0 saturated heterocycles. The molecule has 2 bridgehead atoms. The Labute approximate surface area is 120 Å². The van der Waals surface area contributed by atoms with Crippen LogP contribution < -0.4 is 11.1 Å². The second-order valence-corrected chi connectivity index (χ2v) is 7.29. The summed E-state index contributed by atoms with van der Waals surface area (Å²) >= 11 is 0. The Morgan fingerprint density at radius 3 is 2.80 bits per heavy atom. The van der Waals surface area contributed by atoms with Gasteiger partial charge in [0.15, 0.2) is 0 Å². The van der Waals surface area contributed by atoms with Crippen LogP contribution in [0.1, 0.15) is 50.4 Å². The SMILES string of the molecule is CC12CCC(C1)C(C)(C)C2NC(=O)c1ccnc(N)c1. The molecule has 108 valence electrons. The number of rotatable bonds is 2. The standard InChI is InChI=1S/C16H23N3O/c1-15(2)11-4-6-16(3,9-11)14(15)19-13(20)10-5-7-18-12(17)8-10/h5,7-8,11,14H,4,6,9H2,1-3H3,(H2,17,18)(H,19,20). The predicted octanol–water partition coefficient (Wildman–Crippen LogP) is 2.61. The number of aromatic nitrogens is 1. The zero-order valence-electron chi connectivity index (χ0n) is 12.4. The number of nitrogen functional groups attached to an aromatic ring is 1. The van der Waals surface area contributed by atoms with Gasteiger partial charge < -0.3 is 11.1 Å². The zero-order chi connectivity index (χ0) is 14.5. The van der Waals surface area contributed by atoms with E-state index in [-0.39, 0.29) is 22.8 Å². The highest BCUT2D eigenvalue weighted by Crippen LogP contribution is 2.62. The molecule has 3 atom stereocenters. The van der Waals surface area contributed by atoms with Crippen LogP contribution in [-0.2, 0) is 0 Å². The van der Waals surface area contributed by atoms with E-state index in [9.17, 15) is 4.79 Å². The average molecular weight is 273 g/mol.